The van der Waals surface area contributed by atoms with Gasteiger partial charge >= 0.3 is 5.97 Å². The first-order chi connectivity index (χ1) is 13.2. The van der Waals surface area contributed by atoms with Crippen molar-refractivity contribution >= 4 is 21.9 Å². The number of hydrogen-bond acceptors (Lipinski definition) is 6. The summed E-state index contributed by atoms with van der Waals surface area (Å²) >= 11 is 0. The van der Waals surface area contributed by atoms with Crippen molar-refractivity contribution < 1.29 is 32.2 Å². The van der Waals surface area contributed by atoms with Gasteiger partial charge in [-0.3, -0.25) is 4.79 Å². The van der Waals surface area contributed by atoms with E-state index in [0.717, 1.165) is 12.3 Å². The molecule has 8 nitrogen and oxygen atoms in total. The van der Waals surface area contributed by atoms with Gasteiger partial charge in [-0.25, -0.2) is 27.3 Å². The van der Waals surface area contributed by atoms with Crippen molar-refractivity contribution in [3.63, 3.8) is 0 Å². The lowest BCUT2D eigenvalue weighted by atomic mass is 10.2. The van der Waals surface area contributed by atoms with E-state index in [1.165, 1.54) is 24.3 Å². The van der Waals surface area contributed by atoms with Crippen LogP contribution in [0.25, 0.3) is 0 Å². The normalized spacial score (nSPS) is 11.1. The predicted molar refractivity (Wildman–Crippen MR) is 98.1 cm³/mol. The number of nitrogens with one attached hydrogen (secondary N) is 1. The average molecular weight is 410 g/mol. The number of unbranched alkanes of at least 4 members (excludes halogenated alkanes) is 1. The van der Waals surface area contributed by atoms with Gasteiger partial charge in [0.05, 0.1) is 11.3 Å². The summed E-state index contributed by atoms with van der Waals surface area (Å²) in [5.74, 6) is -3.16. The first-order valence-corrected chi connectivity index (χ1v) is 10.0. The number of sulfonamides is 1. The van der Waals surface area contributed by atoms with E-state index in [1.807, 2.05) is 11.6 Å². The van der Waals surface area contributed by atoms with Crippen molar-refractivity contribution in [3.05, 3.63) is 59.2 Å². The van der Waals surface area contributed by atoms with E-state index in [9.17, 15) is 27.5 Å². The molecule has 0 aliphatic rings. The first-order valence-electron chi connectivity index (χ1n) is 8.37. The smallest absolute Gasteiger partial charge is 0.358 e. The van der Waals surface area contributed by atoms with Crippen LogP contribution in [0.4, 0.5) is 4.39 Å². The molecule has 0 atom stereocenters. The molecule has 0 bridgehead atoms. The second-order valence-corrected chi connectivity index (χ2v) is 7.74. The second kappa shape index (κ2) is 9.27. The number of pyridine rings is 1. The number of ether oxygens (including phenoxy) is 1. The number of benzene rings is 1. The van der Waals surface area contributed by atoms with Gasteiger partial charge in [-0.1, -0.05) is 25.5 Å². The van der Waals surface area contributed by atoms with E-state index in [2.05, 4.69) is 4.98 Å². The molecule has 0 unspecified atom stereocenters. The van der Waals surface area contributed by atoms with E-state index >= 15 is 0 Å². The molecule has 0 aliphatic carbocycles. The molecule has 2 rings (SSSR count). The van der Waals surface area contributed by atoms with E-state index in [-0.39, 0.29) is 23.7 Å². The summed E-state index contributed by atoms with van der Waals surface area (Å²) in [7, 11) is -3.81. The van der Waals surface area contributed by atoms with Crippen molar-refractivity contribution in [2.75, 3.05) is 5.75 Å². The Morgan fingerprint density at radius 1 is 1.25 bits per heavy atom. The number of aromatic nitrogens is 1. The third kappa shape index (κ3) is 6.02. The fraction of sp³-hybridized carbons (Fsp3) is 0.278. The van der Waals surface area contributed by atoms with Crippen LogP contribution in [0, 0.1) is 5.82 Å². The lowest BCUT2D eigenvalue weighted by Gasteiger charge is -2.11. The SMILES string of the molecule is CCCCS(=O)(=O)NC(=O)c1cnc(C(=O)O)c(OCc2ccc(F)cc2)c1. The number of aromatic carboxylic acids is 1. The standard InChI is InChI=1S/C18H19FN2O6S/c1-2-3-8-28(25,26)21-17(22)13-9-15(16(18(23)24)20-10-13)27-11-12-4-6-14(19)7-5-12/h4-7,9-10H,2-3,8,11H2,1H3,(H,21,22)(H,23,24). The van der Waals surface area contributed by atoms with Gasteiger partial charge < -0.3 is 9.84 Å². The molecule has 0 spiro atoms. The Labute approximate surface area is 161 Å². The Balaban J connectivity index is 2.20. The van der Waals surface area contributed by atoms with Crippen molar-refractivity contribution in [2.45, 2.75) is 26.4 Å². The van der Waals surface area contributed by atoms with Crippen LogP contribution in [-0.2, 0) is 16.6 Å². The highest BCUT2D eigenvalue weighted by Gasteiger charge is 2.20. The van der Waals surface area contributed by atoms with Crippen molar-refractivity contribution in [2.24, 2.45) is 0 Å². The summed E-state index contributed by atoms with van der Waals surface area (Å²) in [6.45, 7) is 1.72. The van der Waals surface area contributed by atoms with Crippen molar-refractivity contribution in [1.29, 1.82) is 0 Å². The molecule has 0 fully saturated rings. The van der Waals surface area contributed by atoms with Gasteiger partial charge in [-0.15, -0.1) is 0 Å². The number of hydrogen-bond donors (Lipinski definition) is 2. The van der Waals surface area contributed by atoms with E-state index in [4.69, 9.17) is 4.74 Å². The predicted octanol–water partition coefficient (Wildman–Crippen LogP) is 2.36. The first kappa shape index (κ1) is 21.3. The Morgan fingerprint density at radius 2 is 1.93 bits per heavy atom. The molecule has 150 valence electrons. The van der Waals surface area contributed by atoms with Gasteiger partial charge in [0.2, 0.25) is 10.0 Å². The lowest BCUT2D eigenvalue weighted by Crippen LogP contribution is -2.32. The number of carbonyl (C=O) groups excluding carboxylic acids is 1. The average Bonchev–Trinajstić information content (AvgIpc) is 2.65. The number of amides is 1. The summed E-state index contributed by atoms with van der Waals surface area (Å²) < 4.78 is 44.0. The molecular formula is C18H19FN2O6S. The van der Waals surface area contributed by atoms with Gasteiger partial charge in [-0.05, 0) is 30.2 Å². The molecule has 0 aliphatic heterocycles. The molecule has 1 heterocycles. The third-order valence-electron chi connectivity index (χ3n) is 3.64. The molecule has 2 aromatic rings. The highest BCUT2D eigenvalue weighted by atomic mass is 32.2. The van der Waals surface area contributed by atoms with Crippen LogP contribution in [0.5, 0.6) is 5.75 Å². The van der Waals surface area contributed by atoms with Gasteiger partial charge in [0.1, 0.15) is 12.4 Å². The van der Waals surface area contributed by atoms with Crippen LogP contribution in [-0.4, -0.2) is 36.1 Å². The lowest BCUT2D eigenvalue weighted by molar-refractivity contribution is 0.0684. The van der Waals surface area contributed by atoms with Gasteiger partial charge in [-0.2, -0.15) is 0 Å². The summed E-state index contributed by atoms with van der Waals surface area (Å²) in [6, 6.07) is 6.46. The Bertz CT molecular complexity index is 961. The van der Waals surface area contributed by atoms with E-state index in [0.29, 0.717) is 18.4 Å². The highest BCUT2D eigenvalue weighted by Crippen LogP contribution is 2.20. The summed E-state index contributed by atoms with van der Waals surface area (Å²) in [6.07, 6.45) is 2.00. The van der Waals surface area contributed by atoms with Crippen LogP contribution in [0.2, 0.25) is 0 Å². The molecule has 1 aromatic carbocycles. The van der Waals surface area contributed by atoms with Crippen LogP contribution in [0.1, 0.15) is 46.2 Å². The minimum absolute atomic E-state index is 0.0951. The number of carboxylic acid groups (broad SMARTS) is 1. The van der Waals surface area contributed by atoms with Gasteiger partial charge in [0.25, 0.3) is 5.91 Å². The van der Waals surface area contributed by atoms with E-state index < -0.39 is 33.4 Å². The van der Waals surface area contributed by atoms with Crippen LogP contribution >= 0.6 is 0 Å². The zero-order valence-electron chi connectivity index (χ0n) is 15.0. The number of carbonyl (C=O) groups is 2. The number of carboxylic acids is 1. The highest BCUT2D eigenvalue weighted by molar-refractivity contribution is 7.90. The molecule has 0 radical (unpaired) electrons. The van der Waals surface area contributed by atoms with Gasteiger partial charge in [0, 0.05) is 6.20 Å². The fourth-order valence-corrected chi connectivity index (χ4v) is 3.34. The van der Waals surface area contributed by atoms with Crippen LogP contribution < -0.4 is 9.46 Å². The quantitative estimate of drug-likeness (QED) is 0.650. The molecule has 0 saturated carbocycles. The molecular weight excluding hydrogens is 391 g/mol. The van der Waals surface area contributed by atoms with Gasteiger partial charge in [0.15, 0.2) is 11.4 Å². The second-order valence-electron chi connectivity index (χ2n) is 5.89. The third-order valence-corrected chi connectivity index (χ3v) is 4.96. The maximum atomic E-state index is 13.0. The Kier molecular flexibility index (Phi) is 7.05. The topological polar surface area (TPSA) is 123 Å². The number of rotatable bonds is 9. The summed E-state index contributed by atoms with van der Waals surface area (Å²) in [5, 5.41) is 9.22. The number of halogens is 1. The fourth-order valence-electron chi connectivity index (χ4n) is 2.17. The summed E-state index contributed by atoms with van der Waals surface area (Å²) in [4.78, 5) is 27.2. The van der Waals surface area contributed by atoms with Crippen LogP contribution in [0.3, 0.4) is 0 Å². The monoisotopic (exact) mass is 410 g/mol. The number of nitrogens with zero attached hydrogens (tertiary/aromatic N) is 1. The summed E-state index contributed by atoms with van der Waals surface area (Å²) in [5.41, 5.74) is -0.0404. The maximum absolute atomic E-state index is 13.0. The Hall–Kier alpha value is -3.01. The molecule has 2 N–H and O–H groups in total. The molecule has 0 saturated heterocycles. The minimum Gasteiger partial charge on any atom is -0.486 e. The maximum Gasteiger partial charge on any atom is 0.358 e. The molecule has 1 aromatic heterocycles. The molecule has 10 heteroatoms. The van der Waals surface area contributed by atoms with Crippen molar-refractivity contribution in [1.82, 2.24) is 9.71 Å². The zero-order chi connectivity index (χ0) is 20.7. The zero-order valence-corrected chi connectivity index (χ0v) is 15.8. The van der Waals surface area contributed by atoms with Crippen LogP contribution in [0.15, 0.2) is 36.5 Å². The Morgan fingerprint density at radius 3 is 2.54 bits per heavy atom. The van der Waals surface area contributed by atoms with Crippen molar-refractivity contribution in [3.8, 4) is 5.75 Å². The largest absolute Gasteiger partial charge is 0.486 e. The molecule has 1 amide bonds. The minimum atomic E-state index is -3.81. The molecule has 28 heavy (non-hydrogen) atoms. The van der Waals surface area contributed by atoms with E-state index in [1.54, 1.807) is 0 Å².